The van der Waals surface area contributed by atoms with Crippen molar-refractivity contribution in [3.8, 4) is 0 Å². The lowest BCUT2D eigenvalue weighted by Crippen LogP contribution is -2.41. The zero-order valence-electron chi connectivity index (χ0n) is 11.3. The summed E-state index contributed by atoms with van der Waals surface area (Å²) in [5.41, 5.74) is 2.56. The molecule has 0 unspecified atom stereocenters. The largest absolute Gasteiger partial charge is 0.469 e. The summed E-state index contributed by atoms with van der Waals surface area (Å²) in [5.74, 6) is 0.152. The second-order valence-electron chi connectivity index (χ2n) is 5.14. The molecular weight excluding hydrogens is 226 g/mol. The van der Waals surface area contributed by atoms with Crippen LogP contribution in [0.5, 0.6) is 0 Å². The summed E-state index contributed by atoms with van der Waals surface area (Å²) in [7, 11) is 3.54. The van der Waals surface area contributed by atoms with E-state index in [1.807, 2.05) is 6.07 Å². The monoisotopic (exact) mass is 247 g/mol. The zero-order valence-corrected chi connectivity index (χ0v) is 11.3. The molecule has 0 N–H and O–H groups in total. The Bertz CT molecular complexity index is 430. The summed E-state index contributed by atoms with van der Waals surface area (Å²) in [6, 6.07) is 8.35. The number of likely N-dealkylation sites (tertiary alicyclic amines) is 1. The smallest absolute Gasteiger partial charge is 0.310 e. The quantitative estimate of drug-likeness (QED) is 0.750. The van der Waals surface area contributed by atoms with Gasteiger partial charge in [0.25, 0.3) is 0 Å². The Morgan fingerprint density at radius 1 is 1.39 bits per heavy atom. The minimum absolute atomic E-state index is 0.0464. The summed E-state index contributed by atoms with van der Waals surface area (Å²) in [4.78, 5) is 14.2. The van der Waals surface area contributed by atoms with Crippen molar-refractivity contribution in [3.05, 3.63) is 35.4 Å². The number of hydrogen-bond acceptors (Lipinski definition) is 3. The van der Waals surface area contributed by atoms with E-state index in [9.17, 15) is 4.79 Å². The summed E-state index contributed by atoms with van der Waals surface area (Å²) in [5, 5.41) is 0. The highest BCUT2D eigenvalue weighted by Crippen LogP contribution is 2.34. The van der Waals surface area contributed by atoms with Crippen molar-refractivity contribution in [3.63, 3.8) is 0 Å². The fourth-order valence-corrected chi connectivity index (χ4v) is 2.88. The first-order chi connectivity index (χ1) is 8.63. The molecule has 0 spiro atoms. The summed E-state index contributed by atoms with van der Waals surface area (Å²) in [6.45, 7) is 3.93. The van der Waals surface area contributed by atoms with Gasteiger partial charge in [-0.25, -0.2) is 0 Å². The Morgan fingerprint density at radius 2 is 2.11 bits per heavy atom. The van der Waals surface area contributed by atoms with Gasteiger partial charge in [0, 0.05) is 6.54 Å². The Hall–Kier alpha value is -1.35. The minimum Gasteiger partial charge on any atom is -0.469 e. The van der Waals surface area contributed by atoms with E-state index in [0.29, 0.717) is 0 Å². The number of nitrogens with zero attached hydrogens (tertiary/aromatic N) is 1. The van der Waals surface area contributed by atoms with Gasteiger partial charge in [-0.2, -0.15) is 0 Å². The number of hydrogen-bond donors (Lipinski definition) is 0. The number of carbonyl (C=O) groups is 1. The molecule has 18 heavy (non-hydrogen) atoms. The van der Waals surface area contributed by atoms with Crippen LogP contribution >= 0.6 is 0 Å². The van der Waals surface area contributed by atoms with Crippen LogP contribution in [0.1, 0.15) is 23.5 Å². The van der Waals surface area contributed by atoms with E-state index >= 15 is 0 Å². The van der Waals surface area contributed by atoms with Crippen LogP contribution in [0.4, 0.5) is 0 Å². The van der Waals surface area contributed by atoms with Crippen molar-refractivity contribution in [2.75, 3.05) is 27.2 Å². The van der Waals surface area contributed by atoms with Gasteiger partial charge < -0.3 is 9.64 Å². The first-order valence-electron chi connectivity index (χ1n) is 6.45. The van der Waals surface area contributed by atoms with Crippen LogP contribution in [0.15, 0.2) is 24.3 Å². The van der Waals surface area contributed by atoms with Crippen LogP contribution in [0.2, 0.25) is 0 Å². The van der Waals surface area contributed by atoms with Crippen LogP contribution in [0.3, 0.4) is 0 Å². The van der Waals surface area contributed by atoms with Crippen LogP contribution < -0.4 is 0 Å². The fourth-order valence-electron chi connectivity index (χ4n) is 2.88. The number of carbonyl (C=O) groups excluding carboxylic acids is 1. The van der Waals surface area contributed by atoms with Crippen LogP contribution in [-0.2, 0) is 9.53 Å². The van der Waals surface area contributed by atoms with Crippen molar-refractivity contribution < 1.29 is 9.53 Å². The van der Waals surface area contributed by atoms with E-state index in [4.69, 9.17) is 4.74 Å². The SMILES string of the molecule is COC(=O)[C@H]1CN(C)CC[C@H]1c1ccccc1C. The highest BCUT2D eigenvalue weighted by Gasteiger charge is 2.35. The number of aryl methyl sites for hydroxylation is 1. The molecule has 3 nitrogen and oxygen atoms in total. The lowest BCUT2D eigenvalue weighted by molar-refractivity contribution is -0.148. The predicted octanol–water partition coefficient (Wildman–Crippen LogP) is 2.20. The molecule has 1 aromatic rings. The van der Waals surface area contributed by atoms with E-state index in [2.05, 4.69) is 37.1 Å². The number of methoxy groups -OCH3 is 1. The van der Waals surface area contributed by atoms with E-state index in [1.165, 1.54) is 18.2 Å². The van der Waals surface area contributed by atoms with E-state index in [1.54, 1.807) is 0 Å². The molecule has 1 saturated heterocycles. The summed E-state index contributed by atoms with van der Waals surface area (Å²) >= 11 is 0. The van der Waals surface area contributed by atoms with Gasteiger partial charge in [0.15, 0.2) is 0 Å². The summed E-state index contributed by atoms with van der Waals surface area (Å²) < 4.78 is 4.96. The predicted molar refractivity (Wildman–Crippen MR) is 71.5 cm³/mol. The molecule has 1 aromatic carbocycles. The first-order valence-corrected chi connectivity index (χ1v) is 6.45. The van der Waals surface area contributed by atoms with Crippen LogP contribution in [-0.4, -0.2) is 38.1 Å². The molecule has 0 saturated carbocycles. The number of ether oxygens (including phenoxy) is 1. The molecule has 1 aliphatic heterocycles. The molecule has 3 heteroatoms. The lowest BCUT2D eigenvalue weighted by Gasteiger charge is -2.36. The lowest BCUT2D eigenvalue weighted by atomic mass is 9.79. The van der Waals surface area contributed by atoms with Gasteiger partial charge in [-0.05, 0) is 44.0 Å². The van der Waals surface area contributed by atoms with Crippen molar-refractivity contribution in [1.29, 1.82) is 0 Å². The molecule has 2 rings (SSSR count). The highest BCUT2D eigenvalue weighted by molar-refractivity contribution is 5.74. The average molecular weight is 247 g/mol. The standard InChI is InChI=1S/C15H21NO2/c1-11-6-4-5-7-12(11)13-8-9-16(2)10-14(13)15(17)18-3/h4-7,13-14H,8-10H2,1-3H3/t13-,14-/m0/s1. The maximum absolute atomic E-state index is 12.0. The van der Waals surface area contributed by atoms with Crippen LogP contribution in [0.25, 0.3) is 0 Å². The van der Waals surface area contributed by atoms with Gasteiger partial charge in [0.1, 0.15) is 0 Å². The van der Waals surface area contributed by atoms with Crippen molar-refractivity contribution in [1.82, 2.24) is 4.90 Å². The fraction of sp³-hybridized carbons (Fsp3) is 0.533. The normalized spacial score (nSPS) is 24.8. The van der Waals surface area contributed by atoms with E-state index in [-0.39, 0.29) is 17.8 Å². The number of benzene rings is 1. The molecule has 0 radical (unpaired) electrons. The van der Waals surface area contributed by atoms with Gasteiger partial charge in [-0.15, -0.1) is 0 Å². The van der Waals surface area contributed by atoms with Crippen molar-refractivity contribution in [2.45, 2.75) is 19.3 Å². The third kappa shape index (κ3) is 2.56. The minimum atomic E-state index is -0.0881. The Morgan fingerprint density at radius 3 is 2.78 bits per heavy atom. The Kier molecular flexibility index (Phi) is 4.02. The molecule has 0 bridgehead atoms. The third-order valence-electron chi connectivity index (χ3n) is 3.91. The van der Waals surface area contributed by atoms with Gasteiger partial charge in [-0.1, -0.05) is 24.3 Å². The summed E-state index contributed by atoms with van der Waals surface area (Å²) in [6.07, 6.45) is 1.01. The first kappa shape index (κ1) is 13.1. The maximum atomic E-state index is 12.0. The zero-order chi connectivity index (χ0) is 13.1. The van der Waals surface area contributed by atoms with Gasteiger partial charge in [-0.3, -0.25) is 4.79 Å². The molecule has 0 aromatic heterocycles. The van der Waals surface area contributed by atoms with E-state index in [0.717, 1.165) is 19.5 Å². The third-order valence-corrected chi connectivity index (χ3v) is 3.91. The second-order valence-corrected chi connectivity index (χ2v) is 5.14. The topological polar surface area (TPSA) is 29.5 Å². The van der Waals surface area contributed by atoms with E-state index < -0.39 is 0 Å². The molecule has 98 valence electrons. The molecule has 0 amide bonds. The molecular formula is C15H21NO2. The highest BCUT2D eigenvalue weighted by atomic mass is 16.5. The maximum Gasteiger partial charge on any atom is 0.310 e. The number of rotatable bonds is 2. The average Bonchev–Trinajstić information content (AvgIpc) is 2.39. The Balaban J connectivity index is 2.29. The molecule has 1 heterocycles. The number of piperidine rings is 1. The molecule has 1 aliphatic rings. The Labute approximate surface area is 109 Å². The number of esters is 1. The van der Waals surface area contributed by atoms with Gasteiger partial charge >= 0.3 is 5.97 Å². The van der Waals surface area contributed by atoms with Gasteiger partial charge in [0.05, 0.1) is 13.0 Å². The van der Waals surface area contributed by atoms with Crippen LogP contribution in [0, 0.1) is 12.8 Å². The van der Waals surface area contributed by atoms with Gasteiger partial charge in [0.2, 0.25) is 0 Å². The van der Waals surface area contributed by atoms with Crippen molar-refractivity contribution in [2.24, 2.45) is 5.92 Å². The molecule has 0 aliphatic carbocycles. The second kappa shape index (κ2) is 5.53. The van der Waals surface area contributed by atoms with Crippen molar-refractivity contribution >= 4 is 5.97 Å². The molecule has 1 fully saturated rings. The molecule has 2 atom stereocenters.